The van der Waals surface area contributed by atoms with Crippen molar-refractivity contribution in [1.29, 1.82) is 0 Å². The van der Waals surface area contributed by atoms with Gasteiger partial charge in [-0.1, -0.05) is 59.3 Å². The number of rotatable bonds is 7. The van der Waals surface area contributed by atoms with Crippen molar-refractivity contribution in [3.8, 4) is 0 Å². The first-order valence-corrected chi connectivity index (χ1v) is 15.2. The molecule has 0 fully saturated rings. The van der Waals surface area contributed by atoms with Crippen molar-refractivity contribution in [2.75, 3.05) is 19.6 Å². The van der Waals surface area contributed by atoms with Crippen LogP contribution in [0.2, 0.25) is 11.5 Å². The van der Waals surface area contributed by atoms with Crippen molar-refractivity contribution in [2.24, 2.45) is 0 Å². The Morgan fingerprint density at radius 1 is 0.760 bits per heavy atom. The van der Waals surface area contributed by atoms with Crippen LogP contribution in [-0.4, -0.2) is 33.4 Å². The van der Waals surface area contributed by atoms with Gasteiger partial charge in [-0.3, -0.25) is 0 Å². The average Bonchev–Trinajstić information content (AvgIpc) is 3.06. The summed E-state index contributed by atoms with van der Waals surface area (Å²) in [6.45, 7) is 8.06. The topological polar surface area (TPSA) is 71.4 Å². The molecule has 0 saturated carbocycles. The maximum absolute atomic E-state index is 13.1. The molecule has 0 aromatic heterocycles. The van der Waals surface area contributed by atoms with Gasteiger partial charge in [-0.25, -0.2) is 0 Å². The number of halogens is 1. The van der Waals surface area contributed by atoms with Crippen molar-refractivity contribution < 1.29 is 29.7 Å². The van der Waals surface area contributed by atoms with Crippen LogP contribution in [0, 0.1) is 0 Å². The zero-order valence-electron chi connectivity index (χ0n) is 17.1. The molecule has 0 aliphatic carbocycles. The van der Waals surface area contributed by atoms with E-state index in [9.17, 15) is 3.50 Å². The van der Waals surface area contributed by atoms with Crippen LogP contribution in [0.5, 0.6) is 0 Å². The predicted octanol–water partition coefficient (Wildman–Crippen LogP) is 7.30. The molecule has 3 N–H and O–H groups in total. The summed E-state index contributed by atoms with van der Waals surface area (Å²) >= 11 is -2.94. The van der Waals surface area contributed by atoms with E-state index in [-0.39, 0.29) is 26.2 Å². The quantitative estimate of drug-likeness (QED) is 0.283. The third-order valence-corrected chi connectivity index (χ3v) is 6.52. The number of hydrogen-bond donors (Lipinski definition) is 0. The van der Waals surface area contributed by atoms with Crippen LogP contribution in [-0.2, 0) is 26.2 Å². The minimum absolute atomic E-state index is 0. The molecule has 1 aromatic rings. The van der Waals surface area contributed by atoms with E-state index in [0.29, 0.717) is 19.6 Å². The Morgan fingerprint density at radius 3 is 1.12 bits per heavy atom. The molecule has 0 aliphatic heterocycles. The van der Waals surface area contributed by atoms with Gasteiger partial charge >= 0.3 is 83.6 Å². The summed E-state index contributed by atoms with van der Waals surface area (Å²) in [7, 11) is 0. The van der Waals surface area contributed by atoms with E-state index in [1.807, 2.05) is 24.3 Å². The number of nitrogens with one attached hydrogen (secondary N) is 3. The van der Waals surface area contributed by atoms with Crippen molar-refractivity contribution >= 4 is 18.1 Å². The monoisotopic (exact) mass is 493 g/mol. The molecule has 1 aromatic carbocycles. The molecule has 0 amide bonds. The second-order valence-corrected chi connectivity index (χ2v) is 13.3. The molecule has 0 heterocycles. The van der Waals surface area contributed by atoms with Gasteiger partial charge in [-0.2, -0.15) is 19.6 Å². The van der Waals surface area contributed by atoms with E-state index >= 15 is 0 Å². The van der Waals surface area contributed by atoms with Crippen molar-refractivity contribution in [3.63, 3.8) is 0 Å². The van der Waals surface area contributed by atoms with Crippen LogP contribution < -0.4 is 4.40 Å². The largest absolute Gasteiger partial charge is 4.00 e. The molecule has 25 heavy (non-hydrogen) atoms. The number of unbranched alkanes of at least 4 members (excludes halogenated alkanes) is 3. The normalized spacial score (nSPS) is 9.32. The summed E-state index contributed by atoms with van der Waals surface area (Å²) in [5.74, 6) is 3.49. The Morgan fingerprint density at radius 2 is 1.04 bits per heavy atom. The molecular weight excluding hydrogens is 453 g/mol. The van der Waals surface area contributed by atoms with Crippen molar-refractivity contribution in [2.45, 2.75) is 70.8 Å². The van der Waals surface area contributed by atoms with E-state index in [1.54, 1.807) is 11.5 Å². The minimum atomic E-state index is -2.94. The van der Waals surface area contributed by atoms with Crippen molar-refractivity contribution in [3.05, 3.63) is 41.5 Å². The van der Waals surface area contributed by atoms with E-state index < -0.39 is 13.7 Å². The van der Waals surface area contributed by atoms with Crippen LogP contribution >= 0.6 is 0 Å². The Kier molecular flexibility index (Phi) is 35.6. The second kappa shape index (κ2) is 26.8. The third-order valence-electron chi connectivity index (χ3n) is 2.94. The first-order valence-electron chi connectivity index (χ1n) is 9.20. The van der Waals surface area contributed by atoms with E-state index in [4.69, 9.17) is 17.2 Å². The fourth-order valence-electron chi connectivity index (χ4n) is 1.30. The average molecular weight is 493 g/mol. The maximum atomic E-state index is 13.1. The van der Waals surface area contributed by atoms with Gasteiger partial charge in [-0.05, 0) is 0 Å². The standard InChI is InChI=1S/C7H10FGe.3C4H10N.Zr/c1-9(2,8)7-5-3-4-6-7;3*1-2-3-4-5;/h3-6H,1-2H3;3*5H,2-4H2,1H3;/q4*-1;+4. The van der Waals surface area contributed by atoms with Crippen LogP contribution in [0.1, 0.15) is 59.3 Å². The summed E-state index contributed by atoms with van der Waals surface area (Å²) in [5.41, 5.74) is 19.8. The summed E-state index contributed by atoms with van der Waals surface area (Å²) < 4.78 is 14.1. The van der Waals surface area contributed by atoms with E-state index in [2.05, 4.69) is 20.8 Å². The molecule has 0 saturated heterocycles. The maximum Gasteiger partial charge on any atom is 4.00 e. The van der Waals surface area contributed by atoms with Gasteiger partial charge in [0.25, 0.3) is 0 Å². The Bertz CT molecular complexity index is 284. The van der Waals surface area contributed by atoms with Crippen molar-refractivity contribution in [1.82, 2.24) is 0 Å². The van der Waals surface area contributed by atoms with Gasteiger partial charge in [0, 0.05) is 0 Å². The Labute approximate surface area is 179 Å². The van der Waals surface area contributed by atoms with E-state index in [1.165, 1.54) is 0 Å². The summed E-state index contributed by atoms with van der Waals surface area (Å²) in [6.07, 6.45) is 6.64. The number of hydrogen-bond acceptors (Lipinski definition) is 0. The predicted molar refractivity (Wildman–Crippen MR) is 113 cm³/mol. The van der Waals surface area contributed by atoms with Crippen LogP contribution in [0.4, 0.5) is 3.50 Å². The van der Waals surface area contributed by atoms with Crippen LogP contribution in [0.15, 0.2) is 24.3 Å². The first kappa shape index (κ1) is 33.2. The fraction of sp³-hybridized carbons (Fsp3) is 0.737. The molecule has 0 aliphatic rings. The van der Waals surface area contributed by atoms with Gasteiger partial charge < -0.3 is 17.2 Å². The Hall–Kier alpha value is 0.586. The second-order valence-electron chi connectivity index (χ2n) is 5.96. The first-order chi connectivity index (χ1) is 11.3. The zero-order chi connectivity index (χ0) is 19.3. The molecule has 6 heteroatoms. The smallest absolute Gasteiger partial charge is 4.00 e. The zero-order valence-corrected chi connectivity index (χ0v) is 21.6. The third kappa shape index (κ3) is 32.7. The molecule has 1 rings (SSSR count). The molecule has 146 valence electrons. The summed E-state index contributed by atoms with van der Waals surface area (Å²) in [4.78, 5) is 0. The van der Waals surface area contributed by atoms with Gasteiger partial charge in [0.2, 0.25) is 0 Å². The van der Waals surface area contributed by atoms with Gasteiger partial charge in [0.15, 0.2) is 0 Å². The van der Waals surface area contributed by atoms with Gasteiger partial charge in [0.1, 0.15) is 0 Å². The van der Waals surface area contributed by atoms with Crippen LogP contribution in [0.25, 0.3) is 17.2 Å². The summed E-state index contributed by atoms with van der Waals surface area (Å²) in [6, 6.07) is 7.53. The molecular formula is C19H40FGeN3Zr. The van der Waals surface area contributed by atoms with Gasteiger partial charge in [0.05, 0.1) is 0 Å². The van der Waals surface area contributed by atoms with Crippen LogP contribution in [0.3, 0.4) is 0 Å². The Balaban J connectivity index is -0.000000122. The fourth-order valence-corrected chi connectivity index (χ4v) is 3.37. The molecule has 3 nitrogen and oxygen atoms in total. The molecule has 0 spiro atoms. The molecule has 0 bridgehead atoms. The minimum Gasteiger partial charge on any atom is 4.00 e. The SMILES string of the molecule is CCCC[NH-].CCCC[NH-].CCCC[NH-].[CH3][Ge]([CH3])([F])[c-]1cccc1.[Zr+4]. The molecule has 0 radical (unpaired) electrons. The van der Waals surface area contributed by atoms with E-state index in [0.717, 1.165) is 42.9 Å². The summed E-state index contributed by atoms with van der Waals surface area (Å²) in [5, 5.41) is 0. The molecule has 0 atom stereocenters. The van der Waals surface area contributed by atoms with Gasteiger partial charge in [-0.15, -0.1) is 0 Å². The molecule has 0 unspecified atom stereocenters.